The molecule has 0 spiro atoms. The van der Waals surface area contributed by atoms with Crippen LogP contribution in [-0.4, -0.2) is 30.5 Å². The fraction of sp³-hybridized carbons (Fsp3) is 0.318. The molecule has 0 saturated carbocycles. The molecule has 9 heteroatoms. The first-order chi connectivity index (χ1) is 15.0. The van der Waals surface area contributed by atoms with Crippen molar-refractivity contribution in [2.75, 3.05) is 13.7 Å². The zero-order valence-corrected chi connectivity index (χ0v) is 18.5. The molecule has 1 aromatic carbocycles. The number of hydrogen-bond donors (Lipinski definition) is 2. The van der Waals surface area contributed by atoms with Gasteiger partial charge in [0.25, 0.3) is 5.91 Å². The van der Waals surface area contributed by atoms with Crippen LogP contribution in [0.15, 0.2) is 40.1 Å². The number of thiophene rings is 1. The van der Waals surface area contributed by atoms with Gasteiger partial charge in [-0.25, -0.2) is 4.98 Å². The number of hydrazine groups is 1. The molecule has 3 aromatic rings. The second-order valence-electron chi connectivity index (χ2n) is 6.75. The van der Waals surface area contributed by atoms with E-state index in [-0.39, 0.29) is 6.42 Å². The summed E-state index contributed by atoms with van der Waals surface area (Å²) in [6.07, 6.45) is 1.93. The van der Waals surface area contributed by atoms with E-state index >= 15 is 0 Å². The molecule has 0 radical (unpaired) electrons. The number of carbonyl (C=O) groups excluding carboxylic acids is 2. The number of aryl methyl sites for hydroxylation is 1. The minimum Gasteiger partial charge on any atom is -0.493 e. The molecule has 0 bridgehead atoms. The van der Waals surface area contributed by atoms with Crippen molar-refractivity contribution in [3.63, 3.8) is 0 Å². The Bertz CT molecular complexity index is 1030. The molecule has 0 aliphatic rings. The van der Waals surface area contributed by atoms with Gasteiger partial charge in [-0.3, -0.25) is 20.4 Å². The number of oxazole rings is 1. The standard InChI is InChI=1S/C22H25N3O5S/c1-4-5-10-29-17-9-8-15(12-18(17)28-3)21(27)25-24-20(26)13-16-14(2)30-22(23-16)19-7-6-11-31-19/h6-9,11-12H,4-5,10,13H2,1-3H3,(H,24,26)(H,25,27). The highest BCUT2D eigenvalue weighted by molar-refractivity contribution is 7.13. The Kier molecular flexibility index (Phi) is 7.66. The highest BCUT2D eigenvalue weighted by Gasteiger charge is 2.16. The van der Waals surface area contributed by atoms with Crippen LogP contribution in [0.3, 0.4) is 0 Å². The smallest absolute Gasteiger partial charge is 0.269 e. The van der Waals surface area contributed by atoms with E-state index in [2.05, 4.69) is 22.8 Å². The number of nitrogens with zero attached hydrogens (tertiary/aromatic N) is 1. The maximum Gasteiger partial charge on any atom is 0.269 e. The van der Waals surface area contributed by atoms with Crippen LogP contribution in [0.2, 0.25) is 0 Å². The van der Waals surface area contributed by atoms with E-state index in [9.17, 15) is 9.59 Å². The van der Waals surface area contributed by atoms with Gasteiger partial charge >= 0.3 is 0 Å². The van der Waals surface area contributed by atoms with Crippen LogP contribution in [-0.2, 0) is 11.2 Å². The molecule has 0 saturated heterocycles. The first-order valence-corrected chi connectivity index (χ1v) is 10.8. The van der Waals surface area contributed by atoms with Crippen LogP contribution in [0.25, 0.3) is 10.8 Å². The predicted octanol–water partition coefficient (Wildman–Crippen LogP) is 3.90. The Balaban J connectivity index is 1.56. The Morgan fingerprint density at radius 3 is 2.74 bits per heavy atom. The van der Waals surface area contributed by atoms with Gasteiger partial charge in [0.05, 0.1) is 30.7 Å². The summed E-state index contributed by atoms with van der Waals surface area (Å²) in [7, 11) is 1.51. The molecule has 2 heterocycles. The maximum absolute atomic E-state index is 12.4. The number of methoxy groups -OCH3 is 1. The van der Waals surface area contributed by atoms with Crippen LogP contribution >= 0.6 is 11.3 Å². The number of benzene rings is 1. The minimum atomic E-state index is -0.470. The minimum absolute atomic E-state index is 0.0193. The van der Waals surface area contributed by atoms with Gasteiger partial charge in [0, 0.05) is 5.56 Å². The molecule has 0 fully saturated rings. The van der Waals surface area contributed by atoms with Crippen LogP contribution in [0.1, 0.15) is 41.6 Å². The highest BCUT2D eigenvalue weighted by Crippen LogP contribution is 2.28. The SMILES string of the molecule is CCCCOc1ccc(C(=O)NNC(=O)Cc2nc(-c3cccs3)oc2C)cc1OC. The number of unbranched alkanes of at least 4 members (excludes halogenated alkanes) is 1. The van der Waals surface area contributed by atoms with Gasteiger partial charge in [0.1, 0.15) is 5.76 Å². The van der Waals surface area contributed by atoms with Gasteiger partial charge in [-0.1, -0.05) is 19.4 Å². The number of ether oxygens (including phenoxy) is 2. The summed E-state index contributed by atoms with van der Waals surface area (Å²) in [5.41, 5.74) is 5.66. The highest BCUT2D eigenvalue weighted by atomic mass is 32.1. The van der Waals surface area contributed by atoms with E-state index in [0.717, 1.165) is 17.7 Å². The molecule has 8 nitrogen and oxygen atoms in total. The fourth-order valence-electron chi connectivity index (χ4n) is 2.75. The molecule has 2 N–H and O–H groups in total. The third-order valence-corrected chi connectivity index (χ3v) is 5.31. The lowest BCUT2D eigenvalue weighted by Crippen LogP contribution is -2.42. The second-order valence-corrected chi connectivity index (χ2v) is 7.69. The monoisotopic (exact) mass is 443 g/mol. The van der Waals surface area contributed by atoms with Crippen LogP contribution in [0.4, 0.5) is 0 Å². The molecule has 0 unspecified atom stereocenters. The lowest BCUT2D eigenvalue weighted by Gasteiger charge is -2.12. The number of aromatic nitrogens is 1. The van der Waals surface area contributed by atoms with E-state index in [4.69, 9.17) is 13.9 Å². The van der Waals surface area contributed by atoms with Gasteiger partial charge in [-0.15, -0.1) is 11.3 Å². The van der Waals surface area contributed by atoms with Crippen LogP contribution in [0, 0.1) is 6.92 Å². The Morgan fingerprint density at radius 1 is 1.19 bits per heavy atom. The molecule has 0 atom stereocenters. The Morgan fingerprint density at radius 2 is 2.03 bits per heavy atom. The first-order valence-electron chi connectivity index (χ1n) is 9.92. The topological polar surface area (TPSA) is 103 Å². The maximum atomic E-state index is 12.4. The average Bonchev–Trinajstić information content (AvgIpc) is 3.42. The van der Waals surface area contributed by atoms with Crippen LogP contribution in [0.5, 0.6) is 11.5 Å². The average molecular weight is 444 g/mol. The number of carbonyl (C=O) groups is 2. The van der Waals surface area contributed by atoms with Crippen molar-refractivity contribution >= 4 is 23.2 Å². The van der Waals surface area contributed by atoms with Crippen molar-refractivity contribution in [3.05, 3.63) is 52.7 Å². The summed E-state index contributed by atoms with van der Waals surface area (Å²) in [5, 5.41) is 1.93. The van der Waals surface area contributed by atoms with Gasteiger partial charge in [0.2, 0.25) is 11.8 Å². The molecule has 2 amide bonds. The number of nitrogens with one attached hydrogen (secondary N) is 2. The lowest BCUT2D eigenvalue weighted by atomic mass is 10.2. The summed E-state index contributed by atoms with van der Waals surface area (Å²) in [5.74, 6) is 1.19. The molecular weight excluding hydrogens is 418 g/mol. The largest absolute Gasteiger partial charge is 0.493 e. The number of hydrogen-bond acceptors (Lipinski definition) is 7. The molecule has 3 rings (SSSR count). The number of rotatable bonds is 9. The van der Waals surface area contributed by atoms with Crippen molar-refractivity contribution in [1.29, 1.82) is 0 Å². The number of amides is 2. The van der Waals surface area contributed by atoms with Gasteiger partial charge in [-0.2, -0.15) is 0 Å². The van der Waals surface area contributed by atoms with E-state index in [1.807, 2.05) is 17.5 Å². The van der Waals surface area contributed by atoms with Gasteiger partial charge < -0.3 is 13.9 Å². The van der Waals surface area contributed by atoms with Gasteiger partial charge in [0.15, 0.2) is 11.5 Å². The summed E-state index contributed by atoms with van der Waals surface area (Å²) >= 11 is 1.50. The zero-order chi connectivity index (χ0) is 22.2. The van der Waals surface area contributed by atoms with Crippen LogP contribution < -0.4 is 20.3 Å². The zero-order valence-electron chi connectivity index (χ0n) is 17.7. The predicted molar refractivity (Wildman–Crippen MR) is 117 cm³/mol. The quantitative estimate of drug-likeness (QED) is 0.384. The molecule has 0 aliphatic carbocycles. The van der Waals surface area contributed by atoms with E-state index < -0.39 is 11.8 Å². The summed E-state index contributed by atoms with van der Waals surface area (Å²) in [6, 6.07) is 8.66. The molecule has 2 aromatic heterocycles. The Hall–Kier alpha value is -3.33. The molecule has 164 valence electrons. The van der Waals surface area contributed by atoms with E-state index in [1.165, 1.54) is 18.4 Å². The first kappa shape index (κ1) is 22.4. The lowest BCUT2D eigenvalue weighted by molar-refractivity contribution is -0.121. The summed E-state index contributed by atoms with van der Waals surface area (Å²) in [6.45, 7) is 4.40. The Labute approximate surface area is 184 Å². The van der Waals surface area contributed by atoms with Crippen molar-refractivity contribution in [3.8, 4) is 22.3 Å². The van der Waals surface area contributed by atoms with Crippen molar-refractivity contribution < 1.29 is 23.5 Å². The van der Waals surface area contributed by atoms with E-state index in [1.54, 1.807) is 25.1 Å². The van der Waals surface area contributed by atoms with E-state index in [0.29, 0.717) is 41.0 Å². The van der Waals surface area contributed by atoms with Crippen molar-refractivity contribution in [2.45, 2.75) is 33.1 Å². The normalized spacial score (nSPS) is 10.5. The molecular formula is C22H25N3O5S. The summed E-state index contributed by atoms with van der Waals surface area (Å²) in [4.78, 5) is 30.0. The summed E-state index contributed by atoms with van der Waals surface area (Å²) < 4.78 is 16.6. The van der Waals surface area contributed by atoms with Crippen molar-refractivity contribution in [1.82, 2.24) is 15.8 Å². The molecule has 0 aliphatic heterocycles. The second kappa shape index (κ2) is 10.6. The fourth-order valence-corrected chi connectivity index (χ4v) is 3.40. The third kappa shape index (κ3) is 5.85. The molecule has 31 heavy (non-hydrogen) atoms. The van der Waals surface area contributed by atoms with Gasteiger partial charge in [-0.05, 0) is 43.0 Å². The third-order valence-electron chi connectivity index (χ3n) is 4.45. The van der Waals surface area contributed by atoms with Crippen molar-refractivity contribution in [2.24, 2.45) is 0 Å².